The Labute approximate surface area is 157 Å². The molecule has 1 fully saturated rings. The van der Waals surface area contributed by atoms with E-state index in [4.69, 9.17) is 23.2 Å². The fourth-order valence-corrected chi connectivity index (χ4v) is 3.81. The minimum Gasteiger partial charge on any atom is -0.298 e. The van der Waals surface area contributed by atoms with Crippen LogP contribution >= 0.6 is 23.2 Å². The largest absolute Gasteiger partial charge is 0.298 e. The molecule has 0 bridgehead atoms. The van der Waals surface area contributed by atoms with E-state index in [9.17, 15) is 14.0 Å². The number of ketones is 2. The van der Waals surface area contributed by atoms with Crippen LogP contribution in [0.4, 0.5) is 4.39 Å². The maximum absolute atomic E-state index is 14.6. The summed E-state index contributed by atoms with van der Waals surface area (Å²) in [5.41, 5.74) is 0.214. The molecule has 9 heteroatoms. The van der Waals surface area contributed by atoms with E-state index in [0.29, 0.717) is 6.42 Å². The van der Waals surface area contributed by atoms with E-state index >= 15 is 0 Å². The molecule has 0 atom stereocenters. The van der Waals surface area contributed by atoms with Gasteiger partial charge in [-0.25, -0.2) is 4.39 Å². The van der Waals surface area contributed by atoms with Crippen molar-refractivity contribution in [1.82, 2.24) is 19.6 Å². The van der Waals surface area contributed by atoms with Gasteiger partial charge in [0.1, 0.15) is 34.8 Å². The first-order valence-corrected chi connectivity index (χ1v) is 8.63. The fourth-order valence-electron chi connectivity index (χ4n) is 3.28. The number of Topliss-reactive ketones (excluding diaryl/α,β-unsaturated/α-hetero) is 2. The highest BCUT2D eigenvalue weighted by molar-refractivity contribution is 6.36. The molecule has 26 heavy (non-hydrogen) atoms. The molecule has 2 heterocycles. The van der Waals surface area contributed by atoms with Gasteiger partial charge >= 0.3 is 0 Å². The van der Waals surface area contributed by atoms with Crippen LogP contribution in [0.2, 0.25) is 10.2 Å². The van der Waals surface area contributed by atoms with Gasteiger partial charge in [-0.3, -0.25) is 9.59 Å². The number of carbonyl (C=O) groups excluding carboxylic acids is 2. The maximum atomic E-state index is 14.6. The van der Waals surface area contributed by atoms with Crippen LogP contribution in [0, 0.1) is 5.82 Å². The van der Waals surface area contributed by atoms with Gasteiger partial charge in [0.2, 0.25) is 0 Å². The first-order valence-electron chi connectivity index (χ1n) is 7.88. The Kier molecular flexibility index (Phi) is 4.20. The molecule has 0 amide bonds. The predicted molar refractivity (Wildman–Crippen MR) is 92.8 cm³/mol. The predicted octanol–water partition coefficient (Wildman–Crippen LogP) is 3.64. The van der Waals surface area contributed by atoms with Crippen LogP contribution in [0.25, 0.3) is 16.9 Å². The van der Waals surface area contributed by atoms with E-state index in [1.54, 1.807) is 0 Å². The molecule has 3 aromatic rings. The number of halogens is 3. The first kappa shape index (κ1) is 17.1. The van der Waals surface area contributed by atoms with Crippen molar-refractivity contribution in [3.8, 4) is 11.1 Å². The van der Waals surface area contributed by atoms with E-state index in [2.05, 4.69) is 15.1 Å². The highest BCUT2D eigenvalue weighted by Crippen LogP contribution is 2.41. The monoisotopic (exact) mass is 392 g/mol. The van der Waals surface area contributed by atoms with E-state index in [0.717, 1.165) is 0 Å². The van der Waals surface area contributed by atoms with Crippen molar-refractivity contribution in [2.24, 2.45) is 0 Å². The molecular formula is C17H11Cl2FN4O2. The van der Waals surface area contributed by atoms with Crippen molar-refractivity contribution in [2.75, 3.05) is 0 Å². The summed E-state index contributed by atoms with van der Waals surface area (Å²) in [7, 11) is 0. The van der Waals surface area contributed by atoms with Gasteiger partial charge in [0.05, 0.1) is 10.7 Å². The van der Waals surface area contributed by atoms with Crippen LogP contribution in [0.1, 0.15) is 30.9 Å². The van der Waals surface area contributed by atoms with Crippen molar-refractivity contribution in [3.63, 3.8) is 0 Å². The maximum Gasteiger partial charge on any atom is 0.253 e. The van der Waals surface area contributed by atoms with Crippen molar-refractivity contribution in [1.29, 1.82) is 0 Å². The molecule has 132 valence electrons. The number of hydrogen-bond acceptors (Lipinski definition) is 5. The Morgan fingerprint density at radius 1 is 1.12 bits per heavy atom. The van der Waals surface area contributed by atoms with E-state index in [1.165, 1.54) is 29.0 Å². The van der Waals surface area contributed by atoms with Gasteiger partial charge in [0.15, 0.2) is 0 Å². The van der Waals surface area contributed by atoms with Crippen molar-refractivity contribution >= 4 is 40.5 Å². The Bertz CT molecular complexity index is 1030. The lowest BCUT2D eigenvalue weighted by Crippen LogP contribution is -2.29. The Hall–Kier alpha value is -2.38. The summed E-state index contributed by atoms with van der Waals surface area (Å²) >= 11 is 12.5. The number of fused-ring (bicyclic) bond motifs is 1. The third-order valence-electron chi connectivity index (χ3n) is 4.40. The summed E-state index contributed by atoms with van der Waals surface area (Å²) in [5, 5.41) is 4.05. The van der Waals surface area contributed by atoms with Crippen LogP contribution in [-0.4, -0.2) is 31.1 Å². The van der Waals surface area contributed by atoms with Crippen LogP contribution in [0.15, 0.2) is 24.5 Å². The number of benzene rings is 1. The summed E-state index contributed by atoms with van der Waals surface area (Å²) < 4.78 is 15.9. The minimum absolute atomic E-state index is 0.0229. The Morgan fingerprint density at radius 2 is 1.85 bits per heavy atom. The van der Waals surface area contributed by atoms with Crippen molar-refractivity contribution in [3.05, 3.63) is 46.2 Å². The first-order chi connectivity index (χ1) is 12.5. The smallest absolute Gasteiger partial charge is 0.253 e. The molecule has 4 rings (SSSR count). The lowest BCUT2D eigenvalue weighted by atomic mass is 9.82. The number of carbonyl (C=O) groups is 2. The summed E-state index contributed by atoms with van der Waals surface area (Å²) in [6, 6.07) is 4.17. The van der Waals surface area contributed by atoms with Crippen LogP contribution in [0.5, 0.6) is 0 Å². The summed E-state index contributed by atoms with van der Waals surface area (Å²) in [4.78, 5) is 33.2. The molecule has 0 spiro atoms. The van der Waals surface area contributed by atoms with Gasteiger partial charge in [0.25, 0.3) is 5.78 Å². The molecule has 1 aliphatic carbocycles. The summed E-state index contributed by atoms with van der Waals surface area (Å²) in [5.74, 6) is -2.17. The minimum atomic E-state index is -1.11. The third kappa shape index (κ3) is 2.59. The summed E-state index contributed by atoms with van der Waals surface area (Å²) in [6.45, 7) is 0. The van der Waals surface area contributed by atoms with Crippen LogP contribution in [0.3, 0.4) is 0 Å². The number of nitrogens with zero attached hydrogens (tertiary/aromatic N) is 4. The fraction of sp³-hybridized carbons (Fsp3) is 0.235. The highest BCUT2D eigenvalue weighted by Gasteiger charge is 2.37. The van der Waals surface area contributed by atoms with Gasteiger partial charge in [0, 0.05) is 24.0 Å². The molecule has 0 aliphatic heterocycles. The van der Waals surface area contributed by atoms with E-state index in [-0.39, 0.29) is 57.2 Å². The number of rotatable bonds is 2. The van der Waals surface area contributed by atoms with Gasteiger partial charge < -0.3 is 0 Å². The average molecular weight is 393 g/mol. The molecule has 1 aromatic carbocycles. The SMILES string of the molecule is O=C1CCCC(=O)C1c1c(-c2c(F)cccc2Cl)c(Cl)nc2ncnn12. The zero-order chi connectivity index (χ0) is 18.4. The lowest BCUT2D eigenvalue weighted by molar-refractivity contribution is -0.131. The number of aromatic nitrogens is 4. The standard InChI is InChI=1S/C17H11Cl2FN4O2/c18-8-3-1-4-9(20)12(8)14-15(13-10(25)5-2-6-11(13)26)24-17(21-7-22-24)23-16(14)19/h1,3-4,7,13H,2,5-6H2. The second-order valence-corrected chi connectivity index (χ2v) is 6.72. The normalized spacial score (nSPS) is 15.8. The lowest BCUT2D eigenvalue weighted by Gasteiger charge is -2.23. The quantitative estimate of drug-likeness (QED) is 0.491. The number of hydrogen-bond donors (Lipinski definition) is 0. The zero-order valence-electron chi connectivity index (χ0n) is 13.2. The molecule has 0 N–H and O–H groups in total. The molecule has 0 saturated heterocycles. The van der Waals surface area contributed by atoms with Crippen LogP contribution in [-0.2, 0) is 9.59 Å². The van der Waals surface area contributed by atoms with Crippen LogP contribution < -0.4 is 0 Å². The molecule has 1 aliphatic rings. The molecule has 0 radical (unpaired) electrons. The van der Waals surface area contributed by atoms with Gasteiger partial charge in [-0.1, -0.05) is 29.3 Å². The van der Waals surface area contributed by atoms with Gasteiger partial charge in [-0.2, -0.15) is 19.6 Å². The van der Waals surface area contributed by atoms with Crippen molar-refractivity contribution in [2.45, 2.75) is 25.2 Å². The van der Waals surface area contributed by atoms with E-state index < -0.39 is 11.7 Å². The second-order valence-electron chi connectivity index (χ2n) is 5.95. The Balaban J connectivity index is 2.12. The van der Waals surface area contributed by atoms with Gasteiger partial charge in [-0.05, 0) is 18.6 Å². The molecule has 2 aromatic heterocycles. The molecule has 0 unspecified atom stereocenters. The third-order valence-corrected chi connectivity index (χ3v) is 4.98. The molecular weight excluding hydrogens is 382 g/mol. The average Bonchev–Trinajstić information content (AvgIpc) is 3.04. The Morgan fingerprint density at radius 3 is 2.54 bits per heavy atom. The second kappa shape index (κ2) is 6.41. The van der Waals surface area contributed by atoms with Gasteiger partial charge in [-0.15, -0.1) is 0 Å². The van der Waals surface area contributed by atoms with E-state index in [1.807, 2.05) is 0 Å². The topological polar surface area (TPSA) is 77.2 Å². The molecule has 1 saturated carbocycles. The molecule has 6 nitrogen and oxygen atoms in total. The van der Waals surface area contributed by atoms with Crippen molar-refractivity contribution < 1.29 is 14.0 Å². The summed E-state index contributed by atoms with van der Waals surface area (Å²) in [6.07, 6.45) is 2.21. The highest BCUT2D eigenvalue weighted by atomic mass is 35.5. The zero-order valence-corrected chi connectivity index (χ0v) is 14.8.